The number of rotatable bonds is 10. The van der Waals surface area contributed by atoms with E-state index in [0.717, 1.165) is 33.5 Å². The van der Waals surface area contributed by atoms with Crippen molar-refractivity contribution >= 4 is 35.0 Å². The minimum absolute atomic E-state index is 0.105. The Kier molecular flexibility index (Phi) is 8.22. The summed E-state index contributed by atoms with van der Waals surface area (Å²) in [6.45, 7) is 5.83. The fourth-order valence-electron chi connectivity index (χ4n) is 3.42. The first-order chi connectivity index (χ1) is 16.2. The number of imide groups is 1. The Morgan fingerprint density at radius 3 is 2.59 bits per heavy atom. The molecule has 8 nitrogen and oxygen atoms in total. The molecule has 9 heteroatoms. The Hall–Kier alpha value is -3.46. The highest BCUT2D eigenvalue weighted by Crippen LogP contribution is 2.37. The zero-order chi connectivity index (χ0) is 24.8. The van der Waals surface area contributed by atoms with E-state index in [2.05, 4.69) is 13.8 Å². The predicted octanol–water partition coefficient (Wildman–Crippen LogP) is 4.71. The molecule has 1 heterocycles. The highest BCUT2D eigenvalue weighted by Gasteiger charge is 2.35. The highest BCUT2D eigenvalue weighted by molar-refractivity contribution is 8.18. The number of benzene rings is 2. The van der Waals surface area contributed by atoms with E-state index in [0.29, 0.717) is 11.3 Å². The van der Waals surface area contributed by atoms with E-state index < -0.39 is 23.7 Å². The average Bonchev–Trinajstić information content (AvgIpc) is 3.05. The molecule has 180 valence electrons. The predicted molar refractivity (Wildman–Crippen MR) is 130 cm³/mol. The van der Waals surface area contributed by atoms with Crippen molar-refractivity contribution in [1.29, 1.82) is 0 Å². The zero-order valence-electron chi connectivity index (χ0n) is 19.5. The summed E-state index contributed by atoms with van der Waals surface area (Å²) < 4.78 is 16.5. The standard InChI is InChI=1S/C25H27NO7S/c1-15(2)18-9-8-16(3)12-20(18)32-11-10-26-24(29)21(34-25(26)30)13-17-6-5-7-19(31-4)23(17)33-14-22(27)28/h5-9,12-13,15H,10-11,14H2,1-4H3,(H,27,28)/b21-13-. The van der Waals surface area contributed by atoms with Gasteiger partial charge in [0.1, 0.15) is 12.4 Å². The number of amides is 2. The number of methoxy groups -OCH3 is 1. The summed E-state index contributed by atoms with van der Waals surface area (Å²) >= 11 is 0.810. The summed E-state index contributed by atoms with van der Waals surface area (Å²) in [5.41, 5.74) is 2.56. The summed E-state index contributed by atoms with van der Waals surface area (Å²) in [6.07, 6.45) is 1.50. The van der Waals surface area contributed by atoms with E-state index in [-0.39, 0.29) is 29.7 Å². The molecule has 0 aromatic heterocycles. The van der Waals surface area contributed by atoms with Crippen LogP contribution in [0.3, 0.4) is 0 Å². The van der Waals surface area contributed by atoms with Gasteiger partial charge in [-0.1, -0.05) is 38.1 Å². The number of thioether (sulfide) groups is 1. The van der Waals surface area contributed by atoms with Gasteiger partial charge in [0.2, 0.25) is 0 Å². The molecule has 3 rings (SSSR count). The Labute approximate surface area is 202 Å². The Bertz CT molecular complexity index is 1130. The van der Waals surface area contributed by atoms with Gasteiger partial charge in [-0.2, -0.15) is 0 Å². The van der Waals surface area contributed by atoms with Crippen LogP contribution in [0.15, 0.2) is 41.3 Å². The molecule has 1 fully saturated rings. The van der Waals surface area contributed by atoms with E-state index in [1.807, 2.05) is 25.1 Å². The number of ether oxygens (including phenoxy) is 3. The summed E-state index contributed by atoms with van der Waals surface area (Å²) in [4.78, 5) is 37.7. The SMILES string of the molecule is COc1cccc(/C=C2\SC(=O)N(CCOc3cc(C)ccc3C(C)C)C2=O)c1OCC(=O)O. The maximum Gasteiger partial charge on any atom is 0.341 e. The molecule has 0 bridgehead atoms. The van der Waals surface area contributed by atoms with E-state index in [9.17, 15) is 14.4 Å². The summed E-state index contributed by atoms with van der Waals surface area (Å²) in [5, 5.41) is 8.55. The summed E-state index contributed by atoms with van der Waals surface area (Å²) in [5.74, 6) is -0.0689. The van der Waals surface area contributed by atoms with Crippen molar-refractivity contribution in [2.45, 2.75) is 26.7 Å². The maximum atomic E-state index is 12.9. The topological polar surface area (TPSA) is 102 Å². The molecule has 0 saturated carbocycles. The number of nitrogens with zero attached hydrogens (tertiary/aromatic N) is 1. The minimum atomic E-state index is -1.15. The number of carboxylic acid groups (broad SMARTS) is 1. The van der Waals surface area contributed by atoms with Crippen LogP contribution in [0.4, 0.5) is 4.79 Å². The number of hydrogen-bond acceptors (Lipinski definition) is 7. The lowest BCUT2D eigenvalue weighted by atomic mass is 10.0. The fourth-order valence-corrected chi connectivity index (χ4v) is 4.28. The van der Waals surface area contributed by atoms with E-state index >= 15 is 0 Å². The third-order valence-electron chi connectivity index (χ3n) is 5.09. The van der Waals surface area contributed by atoms with Crippen molar-refractivity contribution in [3.05, 3.63) is 58.0 Å². The van der Waals surface area contributed by atoms with Crippen LogP contribution < -0.4 is 14.2 Å². The number of carbonyl (C=O) groups is 3. The number of para-hydroxylation sites is 1. The molecular formula is C25H27NO7S. The quantitative estimate of drug-likeness (QED) is 0.483. The van der Waals surface area contributed by atoms with Crippen LogP contribution in [0.25, 0.3) is 6.08 Å². The van der Waals surface area contributed by atoms with Gasteiger partial charge in [0.25, 0.3) is 11.1 Å². The first kappa shape index (κ1) is 25.2. The van der Waals surface area contributed by atoms with Gasteiger partial charge in [-0.15, -0.1) is 0 Å². The van der Waals surface area contributed by atoms with Gasteiger partial charge in [-0.3, -0.25) is 14.5 Å². The molecule has 0 atom stereocenters. The first-order valence-corrected chi connectivity index (χ1v) is 11.5. The number of aryl methyl sites for hydroxylation is 1. The largest absolute Gasteiger partial charge is 0.493 e. The van der Waals surface area contributed by atoms with Crippen LogP contribution in [0.1, 0.15) is 36.5 Å². The normalized spacial score (nSPS) is 14.7. The van der Waals surface area contributed by atoms with Gasteiger partial charge in [0, 0.05) is 5.56 Å². The first-order valence-electron chi connectivity index (χ1n) is 10.7. The van der Waals surface area contributed by atoms with Crippen LogP contribution >= 0.6 is 11.8 Å². The van der Waals surface area contributed by atoms with Crippen LogP contribution in [-0.2, 0) is 9.59 Å². The van der Waals surface area contributed by atoms with Crippen molar-refractivity contribution in [1.82, 2.24) is 4.90 Å². The number of carbonyl (C=O) groups excluding carboxylic acids is 2. The van der Waals surface area contributed by atoms with Gasteiger partial charge < -0.3 is 19.3 Å². The van der Waals surface area contributed by atoms with Crippen molar-refractivity contribution in [3.8, 4) is 17.2 Å². The molecule has 1 aliphatic heterocycles. The second kappa shape index (κ2) is 11.1. The van der Waals surface area contributed by atoms with Gasteiger partial charge in [-0.25, -0.2) is 4.79 Å². The van der Waals surface area contributed by atoms with Crippen molar-refractivity contribution in [2.24, 2.45) is 0 Å². The smallest absolute Gasteiger partial charge is 0.341 e. The Balaban J connectivity index is 1.74. The summed E-state index contributed by atoms with van der Waals surface area (Å²) in [6, 6.07) is 11.0. The van der Waals surface area contributed by atoms with Crippen molar-refractivity contribution < 1.29 is 33.7 Å². The van der Waals surface area contributed by atoms with E-state index in [4.69, 9.17) is 19.3 Å². The van der Waals surface area contributed by atoms with E-state index in [1.165, 1.54) is 13.2 Å². The molecule has 1 saturated heterocycles. The molecule has 0 unspecified atom stereocenters. The lowest BCUT2D eigenvalue weighted by Gasteiger charge is -2.17. The second-order valence-electron chi connectivity index (χ2n) is 7.94. The highest BCUT2D eigenvalue weighted by atomic mass is 32.2. The Morgan fingerprint density at radius 2 is 1.91 bits per heavy atom. The molecule has 2 amide bonds. The molecule has 34 heavy (non-hydrogen) atoms. The van der Waals surface area contributed by atoms with E-state index in [1.54, 1.807) is 18.2 Å². The molecule has 2 aromatic rings. The third-order valence-corrected chi connectivity index (χ3v) is 6.00. The fraction of sp³-hybridized carbons (Fsp3) is 0.320. The number of carboxylic acids is 1. The number of aliphatic carboxylic acids is 1. The van der Waals surface area contributed by atoms with Crippen LogP contribution in [0.5, 0.6) is 17.2 Å². The van der Waals surface area contributed by atoms with Crippen LogP contribution in [0.2, 0.25) is 0 Å². The maximum absolute atomic E-state index is 12.9. The Morgan fingerprint density at radius 1 is 1.15 bits per heavy atom. The lowest BCUT2D eigenvalue weighted by molar-refractivity contribution is -0.139. The monoisotopic (exact) mass is 485 g/mol. The zero-order valence-corrected chi connectivity index (χ0v) is 20.3. The third kappa shape index (κ3) is 5.91. The molecule has 2 aromatic carbocycles. The van der Waals surface area contributed by atoms with Crippen LogP contribution in [-0.4, -0.2) is 54.0 Å². The lowest BCUT2D eigenvalue weighted by Crippen LogP contribution is -2.32. The molecule has 1 aliphatic rings. The van der Waals surface area contributed by atoms with Gasteiger partial charge in [0.05, 0.1) is 18.6 Å². The van der Waals surface area contributed by atoms with Gasteiger partial charge in [-0.05, 0) is 53.9 Å². The van der Waals surface area contributed by atoms with Gasteiger partial charge >= 0.3 is 5.97 Å². The molecular weight excluding hydrogens is 458 g/mol. The van der Waals surface area contributed by atoms with Crippen molar-refractivity contribution in [3.63, 3.8) is 0 Å². The van der Waals surface area contributed by atoms with Crippen LogP contribution in [0, 0.1) is 6.92 Å². The number of hydrogen-bond donors (Lipinski definition) is 1. The molecule has 0 radical (unpaired) electrons. The van der Waals surface area contributed by atoms with Crippen molar-refractivity contribution in [2.75, 3.05) is 26.9 Å². The summed E-state index contributed by atoms with van der Waals surface area (Å²) in [7, 11) is 1.43. The molecule has 0 spiro atoms. The molecule has 1 N–H and O–H groups in total. The minimum Gasteiger partial charge on any atom is -0.493 e. The average molecular weight is 486 g/mol. The van der Waals surface area contributed by atoms with Gasteiger partial charge in [0.15, 0.2) is 18.1 Å². The molecule has 0 aliphatic carbocycles. The second-order valence-corrected chi connectivity index (χ2v) is 8.93.